The van der Waals surface area contributed by atoms with Crippen molar-refractivity contribution in [1.29, 1.82) is 0 Å². The monoisotopic (exact) mass is 240 g/mol. The fourth-order valence-corrected chi connectivity index (χ4v) is 2.27. The summed E-state index contributed by atoms with van der Waals surface area (Å²) in [6, 6.07) is 0.0733. The summed E-state index contributed by atoms with van der Waals surface area (Å²) >= 11 is 0. The summed E-state index contributed by atoms with van der Waals surface area (Å²) in [6.07, 6.45) is 6.37. The van der Waals surface area contributed by atoms with Crippen LogP contribution in [0.3, 0.4) is 0 Å². The van der Waals surface area contributed by atoms with Crippen LogP contribution >= 0.6 is 0 Å². The maximum atomic E-state index is 11.7. The number of carbonyl (C=O) groups is 1. The number of carbonyl (C=O) groups excluding carboxylic acids is 1. The predicted octanol–water partition coefficient (Wildman–Crippen LogP) is 1.05. The van der Waals surface area contributed by atoms with E-state index in [9.17, 15) is 4.79 Å². The topological polar surface area (TPSA) is 64.3 Å². The third kappa shape index (κ3) is 3.96. The molecule has 1 amide bonds. The Morgan fingerprint density at radius 2 is 2.24 bits per heavy atom. The van der Waals surface area contributed by atoms with Gasteiger partial charge in [-0.1, -0.05) is 0 Å². The molecule has 0 saturated heterocycles. The molecule has 0 spiro atoms. The maximum Gasteiger partial charge on any atom is 0.221 e. The second-order valence-electron chi connectivity index (χ2n) is 5.72. The normalized spacial score (nSPS) is 23.2. The first-order chi connectivity index (χ1) is 8.15. The summed E-state index contributed by atoms with van der Waals surface area (Å²) in [4.78, 5) is 11.7. The third-order valence-corrected chi connectivity index (χ3v) is 4.10. The lowest BCUT2D eigenvalue weighted by molar-refractivity contribution is -0.121. The fraction of sp³-hybridized carbons (Fsp3) is 0.923. The number of ether oxygens (including phenoxy) is 1. The number of nitrogens with two attached hydrogens (primary N) is 1. The van der Waals surface area contributed by atoms with Crippen LogP contribution in [0.1, 0.15) is 38.5 Å². The highest BCUT2D eigenvalue weighted by Crippen LogP contribution is 2.48. The summed E-state index contributed by atoms with van der Waals surface area (Å²) in [5, 5.41) is 3.03. The van der Waals surface area contributed by atoms with E-state index in [1.807, 2.05) is 0 Å². The highest BCUT2D eigenvalue weighted by atomic mass is 16.5. The first-order valence-corrected chi connectivity index (χ1v) is 6.66. The Labute approximate surface area is 103 Å². The van der Waals surface area contributed by atoms with Crippen molar-refractivity contribution in [3.8, 4) is 0 Å². The van der Waals surface area contributed by atoms with Crippen molar-refractivity contribution in [3.05, 3.63) is 0 Å². The van der Waals surface area contributed by atoms with Gasteiger partial charge in [-0.2, -0.15) is 0 Å². The Bertz CT molecular complexity index is 273. The van der Waals surface area contributed by atoms with Gasteiger partial charge < -0.3 is 15.8 Å². The molecule has 0 aromatic rings. The predicted molar refractivity (Wildman–Crippen MR) is 66.5 cm³/mol. The molecule has 0 heterocycles. The number of methoxy groups -OCH3 is 1. The molecule has 0 radical (unpaired) electrons. The molecule has 2 aliphatic rings. The van der Waals surface area contributed by atoms with Crippen LogP contribution in [0.15, 0.2) is 0 Å². The average Bonchev–Trinajstić information content (AvgIpc) is 3.16. The quantitative estimate of drug-likeness (QED) is 0.666. The molecule has 4 heteroatoms. The third-order valence-electron chi connectivity index (χ3n) is 4.10. The van der Waals surface area contributed by atoms with Crippen molar-refractivity contribution >= 4 is 5.91 Å². The van der Waals surface area contributed by atoms with Crippen molar-refractivity contribution in [2.24, 2.45) is 17.1 Å². The van der Waals surface area contributed by atoms with Crippen LogP contribution < -0.4 is 11.1 Å². The summed E-state index contributed by atoms with van der Waals surface area (Å²) in [5.41, 5.74) is 6.26. The maximum absolute atomic E-state index is 11.7. The van der Waals surface area contributed by atoms with Gasteiger partial charge in [0.1, 0.15) is 0 Å². The number of rotatable bonds is 8. The molecule has 1 atom stereocenters. The summed E-state index contributed by atoms with van der Waals surface area (Å²) in [7, 11) is 1.73. The number of amides is 1. The highest BCUT2D eigenvalue weighted by Gasteiger charge is 2.42. The van der Waals surface area contributed by atoms with Gasteiger partial charge in [-0.3, -0.25) is 4.79 Å². The van der Waals surface area contributed by atoms with Crippen molar-refractivity contribution in [1.82, 2.24) is 5.32 Å². The van der Waals surface area contributed by atoms with Gasteiger partial charge >= 0.3 is 0 Å². The zero-order valence-corrected chi connectivity index (χ0v) is 10.7. The van der Waals surface area contributed by atoms with Crippen LogP contribution in [-0.4, -0.2) is 32.2 Å². The van der Waals surface area contributed by atoms with Gasteiger partial charge in [0.25, 0.3) is 0 Å². The largest absolute Gasteiger partial charge is 0.385 e. The molecule has 2 rings (SSSR count). The first kappa shape index (κ1) is 12.8. The molecule has 0 aromatic heterocycles. The zero-order chi connectivity index (χ0) is 12.3. The molecule has 1 unspecified atom stereocenters. The number of hydrogen-bond acceptors (Lipinski definition) is 3. The van der Waals surface area contributed by atoms with Crippen molar-refractivity contribution in [2.45, 2.75) is 44.6 Å². The highest BCUT2D eigenvalue weighted by molar-refractivity contribution is 5.76. The van der Waals surface area contributed by atoms with Crippen molar-refractivity contribution in [2.75, 3.05) is 20.3 Å². The van der Waals surface area contributed by atoms with Gasteiger partial charge in [0.05, 0.1) is 0 Å². The second kappa shape index (κ2) is 5.36. The number of hydrogen-bond donors (Lipinski definition) is 2. The zero-order valence-electron chi connectivity index (χ0n) is 10.7. The Kier molecular flexibility index (Phi) is 4.05. The van der Waals surface area contributed by atoms with E-state index in [0.717, 1.165) is 19.6 Å². The van der Waals surface area contributed by atoms with Crippen LogP contribution in [-0.2, 0) is 9.53 Å². The minimum absolute atomic E-state index is 0.0733. The molecular formula is C13H24N2O2. The Morgan fingerprint density at radius 1 is 1.53 bits per heavy atom. The van der Waals surface area contributed by atoms with Gasteiger partial charge in [-0.25, -0.2) is 0 Å². The van der Waals surface area contributed by atoms with Crippen LogP contribution in [0.4, 0.5) is 0 Å². The standard InChI is InChI=1S/C13H24N2O2/c1-17-7-6-13(4-5-13)9-15-12(16)8-11(14)10-2-3-10/h10-11H,2-9,14H2,1H3,(H,15,16). The van der Waals surface area contributed by atoms with Gasteiger partial charge in [0.15, 0.2) is 0 Å². The van der Waals surface area contributed by atoms with E-state index < -0.39 is 0 Å². The van der Waals surface area contributed by atoms with E-state index in [2.05, 4.69) is 5.32 Å². The van der Waals surface area contributed by atoms with Gasteiger partial charge in [-0.15, -0.1) is 0 Å². The first-order valence-electron chi connectivity index (χ1n) is 6.66. The molecule has 4 nitrogen and oxygen atoms in total. The van der Waals surface area contributed by atoms with Crippen LogP contribution in [0.2, 0.25) is 0 Å². The average molecular weight is 240 g/mol. The molecular weight excluding hydrogens is 216 g/mol. The lowest BCUT2D eigenvalue weighted by atomic mass is 10.0. The Morgan fingerprint density at radius 3 is 2.76 bits per heavy atom. The molecule has 0 aliphatic heterocycles. The molecule has 0 bridgehead atoms. The molecule has 0 aromatic carbocycles. The van der Waals surface area contributed by atoms with Gasteiger partial charge in [-0.05, 0) is 43.4 Å². The summed E-state index contributed by atoms with van der Waals surface area (Å²) < 4.78 is 5.10. The SMILES string of the molecule is COCCC1(CNC(=O)CC(N)C2CC2)CC1. The van der Waals surface area contributed by atoms with Crippen LogP contribution in [0.5, 0.6) is 0 Å². The van der Waals surface area contributed by atoms with E-state index in [0.29, 0.717) is 17.8 Å². The van der Waals surface area contributed by atoms with Crippen molar-refractivity contribution < 1.29 is 9.53 Å². The van der Waals surface area contributed by atoms with E-state index in [1.54, 1.807) is 7.11 Å². The Balaban J connectivity index is 1.62. The smallest absolute Gasteiger partial charge is 0.221 e. The van der Waals surface area contributed by atoms with Gasteiger partial charge in [0.2, 0.25) is 5.91 Å². The lowest BCUT2D eigenvalue weighted by Crippen LogP contribution is -2.36. The molecule has 2 saturated carbocycles. The molecule has 2 fully saturated rings. The summed E-state index contributed by atoms with van der Waals surface area (Å²) in [6.45, 7) is 1.59. The minimum atomic E-state index is 0.0733. The molecule has 98 valence electrons. The Hall–Kier alpha value is -0.610. The molecule has 2 aliphatic carbocycles. The van der Waals surface area contributed by atoms with Gasteiger partial charge in [0, 0.05) is 32.7 Å². The van der Waals surface area contributed by atoms with E-state index >= 15 is 0 Å². The van der Waals surface area contributed by atoms with Crippen LogP contribution in [0.25, 0.3) is 0 Å². The minimum Gasteiger partial charge on any atom is -0.385 e. The van der Waals surface area contributed by atoms with E-state index in [-0.39, 0.29) is 11.9 Å². The molecule has 3 N–H and O–H groups in total. The molecule has 17 heavy (non-hydrogen) atoms. The van der Waals surface area contributed by atoms with E-state index in [4.69, 9.17) is 10.5 Å². The summed E-state index contributed by atoms with van der Waals surface area (Å²) in [5.74, 6) is 0.720. The van der Waals surface area contributed by atoms with Crippen molar-refractivity contribution in [3.63, 3.8) is 0 Å². The lowest BCUT2D eigenvalue weighted by Gasteiger charge is -2.16. The number of nitrogens with one attached hydrogen (secondary N) is 1. The van der Waals surface area contributed by atoms with E-state index in [1.165, 1.54) is 25.7 Å². The van der Waals surface area contributed by atoms with Crippen LogP contribution in [0, 0.1) is 11.3 Å². The second-order valence-corrected chi connectivity index (χ2v) is 5.72. The fourth-order valence-electron chi connectivity index (χ4n) is 2.27.